The number of rotatable bonds is 6. The summed E-state index contributed by atoms with van der Waals surface area (Å²) in [7, 11) is 0. The van der Waals surface area contributed by atoms with Gasteiger partial charge in [0.1, 0.15) is 17.2 Å². The molecule has 1 saturated heterocycles. The van der Waals surface area contributed by atoms with Crippen molar-refractivity contribution in [1.82, 2.24) is 15.2 Å². The lowest BCUT2D eigenvalue weighted by Gasteiger charge is -2.33. The number of carbonyl (C=O) groups is 2. The van der Waals surface area contributed by atoms with E-state index in [2.05, 4.69) is 15.2 Å². The summed E-state index contributed by atoms with van der Waals surface area (Å²) >= 11 is 0. The molecule has 1 amide bonds. The average molecular weight is 373 g/mol. The van der Waals surface area contributed by atoms with E-state index in [0.717, 1.165) is 30.3 Å². The van der Waals surface area contributed by atoms with Crippen LogP contribution >= 0.6 is 0 Å². The van der Waals surface area contributed by atoms with Crippen molar-refractivity contribution >= 4 is 11.7 Å². The topological polar surface area (TPSA) is 87.6 Å². The van der Waals surface area contributed by atoms with Gasteiger partial charge in [0, 0.05) is 30.9 Å². The van der Waals surface area contributed by atoms with Crippen LogP contribution in [0.3, 0.4) is 0 Å². The molecule has 7 heteroatoms. The Balaban J connectivity index is 1.76. The molecule has 27 heavy (non-hydrogen) atoms. The fourth-order valence-electron chi connectivity index (χ4n) is 3.71. The zero-order chi connectivity index (χ0) is 19.6. The molecule has 2 aromatic rings. The number of ether oxygens (including phenoxy) is 1. The number of Topliss-reactive ketones (excluding diaryl/α,β-unsaturated/α-hetero) is 1. The van der Waals surface area contributed by atoms with Gasteiger partial charge >= 0.3 is 0 Å². The highest BCUT2D eigenvalue weighted by Gasteiger charge is 2.27. The summed E-state index contributed by atoms with van der Waals surface area (Å²) in [5.41, 5.74) is 2.44. The Morgan fingerprint density at radius 1 is 1.22 bits per heavy atom. The monoisotopic (exact) mass is 373 g/mol. The molecular weight excluding hydrogens is 346 g/mol. The van der Waals surface area contributed by atoms with Crippen LogP contribution in [0.25, 0.3) is 0 Å². The molecule has 0 bridgehead atoms. The van der Waals surface area contributed by atoms with Gasteiger partial charge in [-0.15, -0.1) is 0 Å². The van der Waals surface area contributed by atoms with Crippen LogP contribution in [0.1, 0.15) is 56.6 Å². The van der Waals surface area contributed by atoms with Gasteiger partial charge in [0.15, 0.2) is 5.78 Å². The van der Waals surface area contributed by atoms with Gasteiger partial charge in [0.2, 0.25) is 0 Å². The zero-order valence-electron chi connectivity index (χ0n) is 16.3. The Kier molecular flexibility index (Phi) is 5.82. The molecule has 0 spiro atoms. The van der Waals surface area contributed by atoms with E-state index >= 15 is 0 Å². The molecule has 146 valence electrons. The van der Waals surface area contributed by atoms with Crippen LogP contribution in [-0.4, -0.2) is 54.4 Å². The first-order chi connectivity index (χ1) is 12.9. The zero-order valence-corrected chi connectivity index (χ0v) is 16.3. The van der Waals surface area contributed by atoms with Crippen LogP contribution in [0.4, 0.5) is 0 Å². The molecule has 0 aliphatic carbocycles. The van der Waals surface area contributed by atoms with Gasteiger partial charge in [-0.1, -0.05) is 0 Å². The van der Waals surface area contributed by atoms with E-state index in [-0.39, 0.29) is 17.7 Å². The second-order valence-corrected chi connectivity index (χ2v) is 7.00. The predicted molar refractivity (Wildman–Crippen MR) is 101 cm³/mol. The average Bonchev–Trinajstić information content (AvgIpc) is 3.19. The van der Waals surface area contributed by atoms with E-state index in [4.69, 9.17) is 9.15 Å². The van der Waals surface area contributed by atoms with Crippen LogP contribution in [0, 0.1) is 20.8 Å². The molecule has 0 unspecified atom stereocenters. The number of hydrogen-bond donors (Lipinski definition) is 2. The normalized spacial score (nSPS) is 16.3. The molecule has 0 saturated carbocycles. The lowest BCUT2D eigenvalue weighted by Crippen LogP contribution is -2.43. The minimum absolute atomic E-state index is 0.0439. The number of amides is 1. The third-order valence-corrected chi connectivity index (χ3v) is 5.05. The van der Waals surface area contributed by atoms with Crippen molar-refractivity contribution in [2.24, 2.45) is 0 Å². The molecule has 2 N–H and O–H groups in total. The van der Waals surface area contributed by atoms with E-state index in [0.29, 0.717) is 36.6 Å². The number of nitrogens with one attached hydrogen (secondary N) is 2. The maximum atomic E-state index is 12.7. The van der Waals surface area contributed by atoms with Crippen molar-refractivity contribution in [3.63, 3.8) is 0 Å². The lowest BCUT2D eigenvalue weighted by atomic mass is 10.1. The summed E-state index contributed by atoms with van der Waals surface area (Å²) in [4.78, 5) is 29.9. The molecular formula is C20H27N3O4. The molecule has 1 aliphatic heterocycles. The maximum absolute atomic E-state index is 12.7. The maximum Gasteiger partial charge on any atom is 0.268 e. The van der Waals surface area contributed by atoms with Crippen molar-refractivity contribution in [2.75, 3.05) is 32.8 Å². The summed E-state index contributed by atoms with van der Waals surface area (Å²) in [5, 5.41) is 3.00. The van der Waals surface area contributed by atoms with Crippen molar-refractivity contribution in [1.29, 1.82) is 0 Å². The number of aryl methyl sites for hydroxylation is 2. The summed E-state index contributed by atoms with van der Waals surface area (Å²) in [5.74, 6) is 1.41. The SMILES string of the molecule is CC(=O)c1c(C)[nH]c(C(=O)NC[C@H](c2ccc(C)o2)N2CCOCC2)c1C. The van der Waals surface area contributed by atoms with E-state index in [1.807, 2.05) is 26.0 Å². The molecule has 7 nitrogen and oxygen atoms in total. The Hall–Kier alpha value is -2.38. The smallest absolute Gasteiger partial charge is 0.268 e. The molecule has 1 fully saturated rings. The summed E-state index contributed by atoms with van der Waals surface area (Å²) in [6.45, 7) is 10.4. The molecule has 3 heterocycles. The van der Waals surface area contributed by atoms with Gasteiger partial charge in [-0.3, -0.25) is 14.5 Å². The van der Waals surface area contributed by atoms with Gasteiger partial charge in [0.25, 0.3) is 5.91 Å². The number of hydrogen-bond acceptors (Lipinski definition) is 5. The number of carbonyl (C=O) groups excluding carboxylic acids is 2. The Morgan fingerprint density at radius 2 is 1.93 bits per heavy atom. The highest BCUT2D eigenvalue weighted by molar-refractivity contribution is 6.02. The number of aromatic nitrogens is 1. The van der Waals surface area contributed by atoms with E-state index in [9.17, 15) is 9.59 Å². The van der Waals surface area contributed by atoms with E-state index in [1.165, 1.54) is 6.92 Å². The highest BCUT2D eigenvalue weighted by atomic mass is 16.5. The molecule has 0 aromatic carbocycles. The van der Waals surface area contributed by atoms with Gasteiger partial charge in [-0.05, 0) is 45.4 Å². The number of aromatic amines is 1. The Morgan fingerprint density at radius 3 is 2.48 bits per heavy atom. The van der Waals surface area contributed by atoms with E-state index < -0.39 is 0 Å². The standard InChI is InChI=1S/C20H27N3O4/c1-12-5-6-17(27-12)16(23-7-9-26-10-8-23)11-21-20(25)19-13(2)18(15(4)24)14(3)22-19/h5-6,16,22H,7-11H2,1-4H3,(H,21,25)/t16-/m1/s1. The summed E-state index contributed by atoms with van der Waals surface area (Å²) in [6.07, 6.45) is 0. The predicted octanol–water partition coefficient (Wildman–Crippen LogP) is 2.54. The first-order valence-electron chi connectivity index (χ1n) is 9.25. The van der Waals surface area contributed by atoms with Gasteiger partial charge < -0.3 is 19.5 Å². The molecule has 1 aliphatic rings. The Labute approximate surface area is 159 Å². The third-order valence-electron chi connectivity index (χ3n) is 5.05. The largest absolute Gasteiger partial charge is 0.465 e. The first-order valence-corrected chi connectivity index (χ1v) is 9.25. The lowest BCUT2D eigenvalue weighted by molar-refractivity contribution is 0.0117. The molecule has 3 rings (SSSR count). The van der Waals surface area contributed by atoms with Crippen molar-refractivity contribution in [2.45, 2.75) is 33.7 Å². The second-order valence-electron chi connectivity index (χ2n) is 7.00. The molecule has 0 radical (unpaired) electrons. The molecule has 2 aromatic heterocycles. The quantitative estimate of drug-likeness (QED) is 0.760. The number of morpholine rings is 1. The summed E-state index contributed by atoms with van der Waals surface area (Å²) in [6, 6.07) is 3.83. The number of H-pyrrole nitrogens is 1. The van der Waals surface area contributed by atoms with Gasteiger partial charge in [-0.2, -0.15) is 0 Å². The third kappa shape index (κ3) is 4.14. The minimum atomic E-state index is -0.218. The van der Waals surface area contributed by atoms with Crippen LogP contribution in [-0.2, 0) is 4.74 Å². The molecule has 1 atom stereocenters. The van der Waals surface area contributed by atoms with Crippen LogP contribution in [0.5, 0.6) is 0 Å². The van der Waals surface area contributed by atoms with Crippen molar-refractivity contribution in [3.8, 4) is 0 Å². The van der Waals surface area contributed by atoms with Crippen LogP contribution in [0.2, 0.25) is 0 Å². The number of ketones is 1. The van der Waals surface area contributed by atoms with Crippen molar-refractivity contribution < 1.29 is 18.7 Å². The van der Waals surface area contributed by atoms with Gasteiger partial charge in [-0.25, -0.2) is 0 Å². The van der Waals surface area contributed by atoms with Crippen molar-refractivity contribution in [3.05, 3.63) is 46.2 Å². The van der Waals surface area contributed by atoms with E-state index in [1.54, 1.807) is 6.92 Å². The number of nitrogens with zero attached hydrogens (tertiary/aromatic N) is 1. The Bertz CT molecular complexity index is 830. The van der Waals surface area contributed by atoms with Gasteiger partial charge in [0.05, 0.1) is 19.3 Å². The second kappa shape index (κ2) is 8.10. The first kappa shape index (κ1) is 19.4. The fourth-order valence-corrected chi connectivity index (χ4v) is 3.71. The van der Waals surface area contributed by atoms with Crippen LogP contribution < -0.4 is 5.32 Å². The number of furan rings is 1. The summed E-state index contributed by atoms with van der Waals surface area (Å²) < 4.78 is 11.3. The minimum Gasteiger partial charge on any atom is -0.465 e. The highest BCUT2D eigenvalue weighted by Crippen LogP contribution is 2.24. The fraction of sp³-hybridized carbons (Fsp3) is 0.500. The van der Waals surface area contributed by atoms with Crippen LogP contribution in [0.15, 0.2) is 16.5 Å².